The molecule has 13 heteroatoms. The Kier molecular flexibility index (Phi) is 11.1. The molecule has 15 atom stereocenters. The second-order valence-electron chi connectivity index (χ2n) is 21.8. The maximum atomic E-state index is 15.3. The van der Waals surface area contributed by atoms with Crippen LogP contribution in [0.15, 0.2) is 29.8 Å². The molecule has 1 aromatic carbocycles. The van der Waals surface area contributed by atoms with E-state index < -0.39 is 63.2 Å². The summed E-state index contributed by atoms with van der Waals surface area (Å²) in [6, 6.07) is 5.37. The lowest BCUT2D eigenvalue weighted by atomic mass is 9.39. The molecule has 1 aromatic rings. The normalized spacial score (nSPS) is 46.2. The van der Waals surface area contributed by atoms with Gasteiger partial charge in [0, 0.05) is 41.8 Å². The number of aromatic hydroxyl groups is 1. The summed E-state index contributed by atoms with van der Waals surface area (Å²) >= 11 is 0. The molecule has 61 heavy (non-hydrogen) atoms. The van der Waals surface area contributed by atoms with Crippen molar-refractivity contribution in [2.24, 2.45) is 57.2 Å². The highest BCUT2D eigenvalue weighted by atomic mass is 33.1. The van der Waals surface area contributed by atoms with Crippen LogP contribution in [0.4, 0.5) is 5.69 Å². The van der Waals surface area contributed by atoms with E-state index in [-0.39, 0.29) is 66.7 Å². The number of phenols is 1. The molecule has 0 aromatic heterocycles. The Morgan fingerprint density at radius 1 is 1.00 bits per heavy atom. The zero-order valence-corrected chi connectivity index (χ0v) is 38.3. The molecule has 7 N–H and O–H groups in total. The molecule has 10 aliphatic rings. The van der Waals surface area contributed by atoms with Crippen LogP contribution in [-0.2, 0) is 20.7 Å². The Labute approximate surface area is 368 Å². The molecule has 5 aliphatic heterocycles. The predicted octanol–water partition coefficient (Wildman–Crippen LogP) is 5.58. The Bertz CT molecular complexity index is 1960. The molecule has 5 aliphatic carbocycles. The SMILES string of the molecule is CC(C)C(C)C1OC1C(C)(O)C1CCC2(O)C3=CC(=O)C45CSSCC6CCCC(CO)C67CCN(C7=O)c6cc(O)cc(c6)CCC12CCC3C4(C)CC(O)(CO)C(O)C5. The number of amides is 1. The first-order valence-corrected chi connectivity index (χ1v) is 25.7. The van der Waals surface area contributed by atoms with E-state index in [0.717, 1.165) is 24.8 Å². The third-order valence-electron chi connectivity index (χ3n) is 19.1. The van der Waals surface area contributed by atoms with Gasteiger partial charge in [-0.25, -0.2) is 0 Å². The van der Waals surface area contributed by atoms with E-state index >= 15 is 4.79 Å². The molecule has 0 radical (unpaired) electrons. The lowest BCUT2D eigenvalue weighted by molar-refractivity contribution is -0.217. The average molecular weight is 884 g/mol. The summed E-state index contributed by atoms with van der Waals surface area (Å²) in [6.45, 7) is 10.1. The Hall–Kier alpha value is -1.68. The van der Waals surface area contributed by atoms with Crippen LogP contribution in [0.5, 0.6) is 5.75 Å². The molecule has 2 saturated heterocycles. The van der Waals surface area contributed by atoms with Gasteiger partial charge in [0.05, 0.1) is 40.8 Å². The lowest BCUT2D eigenvalue weighted by Gasteiger charge is -2.66. The first-order chi connectivity index (χ1) is 28.8. The number of anilines is 1. The van der Waals surface area contributed by atoms with Gasteiger partial charge >= 0.3 is 0 Å². The Balaban J connectivity index is 1.19. The third-order valence-corrected chi connectivity index (χ3v) is 21.7. The standard InChI is InChI=1S/C48H69NO10S2/c1-27(2)28(3)39-40(59-39)43(5,56)36-11-14-48(58)35-20-37(53)45-21-38(54)46(57,25-51)24-42(45,4)34(35)10-13-44(36,48)12-9-29-17-32(19-33(52)18-29)49-16-15-47(41(49)55)30(22-50)7-6-8-31(47)23-60-61-26-45/h17-20,27-28,30-31,34,36,38-40,50-52,54,56-58H,6-16,21-26H2,1-5H3. The van der Waals surface area contributed by atoms with Crippen molar-refractivity contribution in [3.63, 3.8) is 0 Å². The van der Waals surface area contributed by atoms with Gasteiger partial charge in [0.2, 0.25) is 5.91 Å². The number of fused-ring (bicyclic) bond motifs is 2. The van der Waals surface area contributed by atoms with Gasteiger partial charge in [0.25, 0.3) is 0 Å². The summed E-state index contributed by atoms with van der Waals surface area (Å²) < 4.78 is 6.34. The minimum atomic E-state index is -1.84. The summed E-state index contributed by atoms with van der Waals surface area (Å²) in [4.78, 5) is 32.0. The van der Waals surface area contributed by atoms with Crippen molar-refractivity contribution in [3.05, 3.63) is 35.4 Å². The van der Waals surface area contributed by atoms with Crippen LogP contribution in [0.2, 0.25) is 0 Å². The van der Waals surface area contributed by atoms with Gasteiger partial charge in [-0.3, -0.25) is 9.59 Å². The Morgan fingerprint density at radius 3 is 2.49 bits per heavy atom. The fourth-order valence-electron chi connectivity index (χ4n) is 15.2. The van der Waals surface area contributed by atoms with Crippen molar-refractivity contribution < 1.29 is 50.1 Å². The molecule has 3 spiro atoms. The maximum Gasteiger partial charge on any atom is 0.233 e. The van der Waals surface area contributed by atoms with Gasteiger partial charge in [0.15, 0.2) is 5.78 Å². The van der Waals surface area contributed by atoms with E-state index in [4.69, 9.17) is 4.74 Å². The summed E-state index contributed by atoms with van der Waals surface area (Å²) in [5.74, 6) is 0.392. The topological polar surface area (TPSA) is 192 Å². The molecule has 15 unspecified atom stereocenters. The van der Waals surface area contributed by atoms with Crippen LogP contribution in [0.3, 0.4) is 0 Å². The summed E-state index contributed by atoms with van der Waals surface area (Å²) in [6.07, 6.45) is 5.60. The smallest absolute Gasteiger partial charge is 0.233 e. The van der Waals surface area contributed by atoms with Crippen molar-refractivity contribution in [1.82, 2.24) is 0 Å². The van der Waals surface area contributed by atoms with Crippen molar-refractivity contribution in [3.8, 4) is 5.75 Å². The fraction of sp³-hybridized carbons (Fsp3) is 0.792. The summed E-state index contributed by atoms with van der Waals surface area (Å²) in [5, 5.41) is 82.8. The minimum absolute atomic E-state index is 0.0193. The van der Waals surface area contributed by atoms with Crippen molar-refractivity contribution in [2.45, 2.75) is 147 Å². The van der Waals surface area contributed by atoms with Gasteiger partial charge in [-0.05, 0) is 148 Å². The van der Waals surface area contributed by atoms with E-state index in [1.807, 2.05) is 19.9 Å². The number of rotatable bonds is 6. The number of aryl methyl sites for hydroxylation is 1. The van der Waals surface area contributed by atoms with E-state index in [0.29, 0.717) is 80.2 Å². The predicted molar refractivity (Wildman–Crippen MR) is 236 cm³/mol. The Morgan fingerprint density at radius 2 is 1.77 bits per heavy atom. The number of nitrogens with zero attached hydrogens (tertiary/aromatic N) is 1. The highest BCUT2D eigenvalue weighted by molar-refractivity contribution is 8.76. The molecule has 1 amide bonds. The van der Waals surface area contributed by atoms with Crippen molar-refractivity contribution in [2.75, 3.05) is 36.2 Å². The molecule has 4 saturated carbocycles. The van der Waals surface area contributed by atoms with Gasteiger partial charge in [0.1, 0.15) is 17.5 Å². The van der Waals surface area contributed by atoms with E-state index in [9.17, 15) is 40.5 Å². The molecular weight excluding hydrogens is 815 g/mol. The molecule has 11 nitrogen and oxygen atoms in total. The largest absolute Gasteiger partial charge is 0.508 e. The van der Waals surface area contributed by atoms with Gasteiger partial charge in [-0.1, -0.05) is 55.7 Å². The number of carbonyl (C=O) groups is 2. The summed E-state index contributed by atoms with van der Waals surface area (Å²) in [5.41, 5.74) is -6.33. The number of hydrogen-bond donors (Lipinski definition) is 7. The van der Waals surface area contributed by atoms with Gasteiger partial charge < -0.3 is 45.4 Å². The molecular formula is C48H69NO10S2. The highest BCUT2D eigenvalue weighted by Crippen LogP contribution is 2.73. The number of aliphatic hydroxyl groups is 6. The number of phenolic OH excluding ortho intramolecular Hbond substituents is 1. The lowest BCUT2D eigenvalue weighted by Crippen LogP contribution is -2.70. The minimum Gasteiger partial charge on any atom is -0.508 e. The number of ketones is 1. The number of allylic oxidation sites excluding steroid dienone is 1. The first-order valence-electron chi connectivity index (χ1n) is 23.2. The maximum absolute atomic E-state index is 15.3. The molecule has 11 rings (SSSR count). The van der Waals surface area contributed by atoms with E-state index in [1.165, 1.54) is 0 Å². The third kappa shape index (κ3) is 6.23. The second kappa shape index (κ2) is 15.2. The number of hydrogen-bond acceptors (Lipinski definition) is 12. The highest BCUT2D eigenvalue weighted by Gasteiger charge is 2.75. The van der Waals surface area contributed by atoms with Crippen LogP contribution >= 0.6 is 21.6 Å². The zero-order valence-electron chi connectivity index (χ0n) is 36.6. The molecule has 338 valence electrons. The number of ether oxygens (including phenoxy) is 1. The first kappa shape index (κ1) is 44.5. The molecule has 5 heterocycles. The van der Waals surface area contributed by atoms with Crippen LogP contribution < -0.4 is 4.90 Å². The van der Waals surface area contributed by atoms with E-state index in [2.05, 4.69) is 20.8 Å². The molecule has 6 fully saturated rings. The number of benzene rings is 1. The molecule has 8 bridgehead atoms. The summed E-state index contributed by atoms with van der Waals surface area (Å²) in [7, 11) is 3.19. The second-order valence-corrected chi connectivity index (χ2v) is 24.3. The number of carbonyl (C=O) groups excluding carboxylic acids is 2. The fourth-order valence-corrected chi connectivity index (χ4v) is 18.4. The van der Waals surface area contributed by atoms with Crippen LogP contribution in [0, 0.1) is 57.2 Å². The van der Waals surface area contributed by atoms with Gasteiger partial charge in [-0.2, -0.15) is 0 Å². The van der Waals surface area contributed by atoms with Crippen molar-refractivity contribution in [1.29, 1.82) is 0 Å². The monoisotopic (exact) mass is 883 g/mol. The quantitative estimate of drug-likeness (QED) is 0.139. The zero-order chi connectivity index (χ0) is 43.7. The van der Waals surface area contributed by atoms with Gasteiger partial charge in [-0.15, -0.1) is 0 Å². The van der Waals surface area contributed by atoms with Crippen LogP contribution in [-0.4, -0.2) is 114 Å². The van der Waals surface area contributed by atoms with E-state index in [1.54, 1.807) is 44.7 Å². The number of aliphatic hydroxyl groups excluding tert-OH is 3. The van der Waals surface area contributed by atoms with Crippen LogP contribution in [0.1, 0.15) is 111 Å². The average Bonchev–Trinajstić information content (AvgIpc) is 3.88. The van der Waals surface area contributed by atoms with Crippen LogP contribution in [0.25, 0.3) is 0 Å². The number of epoxide rings is 1. The van der Waals surface area contributed by atoms with Crippen molar-refractivity contribution >= 4 is 39.0 Å².